The van der Waals surface area contributed by atoms with Gasteiger partial charge in [-0.2, -0.15) is 9.29 Å². The minimum atomic E-state index is -3.83. The van der Waals surface area contributed by atoms with Gasteiger partial charge in [-0.1, -0.05) is 0 Å². The summed E-state index contributed by atoms with van der Waals surface area (Å²) < 4.78 is 51.8. The molecule has 1 saturated heterocycles. The molecule has 1 aromatic carbocycles. The van der Waals surface area contributed by atoms with E-state index in [1.165, 1.54) is 23.5 Å². The van der Waals surface area contributed by atoms with Gasteiger partial charge in [-0.3, -0.25) is 0 Å². The van der Waals surface area contributed by atoms with Gasteiger partial charge >= 0.3 is 0 Å². The van der Waals surface area contributed by atoms with Crippen molar-refractivity contribution in [2.45, 2.75) is 37.7 Å². The van der Waals surface area contributed by atoms with Gasteiger partial charge < -0.3 is 9.47 Å². The van der Waals surface area contributed by atoms with Crippen LogP contribution < -0.4 is 9.47 Å². The molecule has 0 spiro atoms. The van der Waals surface area contributed by atoms with Gasteiger partial charge in [0.05, 0.1) is 18.6 Å². The van der Waals surface area contributed by atoms with Crippen LogP contribution in [0, 0.1) is 19.7 Å². The lowest BCUT2D eigenvalue weighted by Gasteiger charge is -2.31. The molecule has 0 aliphatic carbocycles. The van der Waals surface area contributed by atoms with E-state index in [-0.39, 0.29) is 23.3 Å². The number of aromatic nitrogens is 2. The molecule has 2 aromatic rings. The van der Waals surface area contributed by atoms with Crippen LogP contribution in [0.3, 0.4) is 0 Å². The maximum atomic E-state index is 13.9. The summed E-state index contributed by atoms with van der Waals surface area (Å²) in [5.74, 6) is 0.317. The number of benzene rings is 1. The highest BCUT2D eigenvalue weighted by Gasteiger charge is 2.32. The molecule has 9 heteroatoms. The molecule has 0 radical (unpaired) electrons. The van der Waals surface area contributed by atoms with Gasteiger partial charge in [0.15, 0.2) is 11.6 Å². The molecule has 0 bridgehead atoms. The molecule has 1 aliphatic heterocycles. The second kappa shape index (κ2) is 7.77. The van der Waals surface area contributed by atoms with Gasteiger partial charge in [-0.25, -0.2) is 17.8 Å². The molecule has 146 valence electrons. The monoisotopic (exact) mass is 395 g/mol. The Labute approximate surface area is 158 Å². The smallest absolute Gasteiger partial charge is 0.243 e. The number of piperidine rings is 1. The molecule has 27 heavy (non-hydrogen) atoms. The van der Waals surface area contributed by atoms with Crippen molar-refractivity contribution < 1.29 is 22.3 Å². The number of halogens is 1. The first-order valence-electron chi connectivity index (χ1n) is 8.62. The number of aryl methyl sites for hydroxylation is 2. The van der Waals surface area contributed by atoms with E-state index >= 15 is 0 Å². The van der Waals surface area contributed by atoms with Crippen molar-refractivity contribution in [3.8, 4) is 11.6 Å². The predicted molar refractivity (Wildman–Crippen MR) is 96.9 cm³/mol. The Morgan fingerprint density at radius 1 is 1.22 bits per heavy atom. The van der Waals surface area contributed by atoms with Crippen molar-refractivity contribution in [2.24, 2.45) is 0 Å². The molecule has 0 saturated carbocycles. The van der Waals surface area contributed by atoms with Gasteiger partial charge in [0.1, 0.15) is 11.9 Å². The molecular weight excluding hydrogens is 373 g/mol. The molecule has 1 aromatic heterocycles. The van der Waals surface area contributed by atoms with E-state index in [1.54, 1.807) is 13.0 Å². The van der Waals surface area contributed by atoms with Crippen LogP contribution in [0.2, 0.25) is 0 Å². The fraction of sp³-hybridized carbons (Fsp3) is 0.444. The van der Waals surface area contributed by atoms with E-state index in [4.69, 9.17) is 9.47 Å². The summed E-state index contributed by atoms with van der Waals surface area (Å²) in [6.45, 7) is 4.16. The van der Waals surface area contributed by atoms with Crippen LogP contribution >= 0.6 is 0 Å². The quantitative estimate of drug-likeness (QED) is 0.774. The molecular formula is C18H22FN3O4S. The van der Waals surface area contributed by atoms with E-state index in [0.29, 0.717) is 31.1 Å². The Kier molecular flexibility index (Phi) is 5.61. The van der Waals surface area contributed by atoms with Crippen LogP contribution in [0.25, 0.3) is 0 Å². The third-order valence-corrected chi connectivity index (χ3v) is 6.19. The number of nitrogens with zero attached hydrogens (tertiary/aromatic N) is 3. The zero-order valence-corrected chi connectivity index (χ0v) is 16.3. The standard InChI is InChI=1S/C18H22FN3O4S/c1-12-9-18(21-13(2)20-12)26-14-5-4-8-22(11-14)27(23,24)15-6-7-17(25-3)16(19)10-15/h6-7,9-10,14H,4-5,8,11H2,1-3H3/t14-/m0/s1. The number of sulfonamides is 1. The minimum Gasteiger partial charge on any atom is -0.494 e. The highest BCUT2D eigenvalue weighted by molar-refractivity contribution is 7.89. The van der Waals surface area contributed by atoms with Crippen molar-refractivity contribution >= 4 is 10.0 Å². The highest BCUT2D eigenvalue weighted by Crippen LogP contribution is 2.26. The van der Waals surface area contributed by atoms with Crippen molar-refractivity contribution in [2.75, 3.05) is 20.2 Å². The van der Waals surface area contributed by atoms with Crippen molar-refractivity contribution in [3.63, 3.8) is 0 Å². The number of rotatable bonds is 5. The molecule has 0 amide bonds. The summed E-state index contributed by atoms with van der Waals surface area (Å²) in [4.78, 5) is 8.34. The Morgan fingerprint density at radius 3 is 2.67 bits per heavy atom. The first-order valence-corrected chi connectivity index (χ1v) is 10.1. The zero-order valence-electron chi connectivity index (χ0n) is 15.5. The molecule has 3 rings (SSSR count). The van der Waals surface area contributed by atoms with Crippen LogP contribution in [0.1, 0.15) is 24.4 Å². The van der Waals surface area contributed by atoms with Crippen LogP contribution in [0.4, 0.5) is 4.39 Å². The molecule has 2 heterocycles. The molecule has 1 fully saturated rings. The first-order chi connectivity index (χ1) is 12.8. The Balaban J connectivity index is 1.77. The average Bonchev–Trinajstić information content (AvgIpc) is 2.61. The van der Waals surface area contributed by atoms with Crippen LogP contribution in [0.5, 0.6) is 11.6 Å². The summed E-state index contributed by atoms with van der Waals surface area (Å²) in [5, 5.41) is 0. The van der Waals surface area contributed by atoms with E-state index < -0.39 is 15.8 Å². The zero-order chi connectivity index (χ0) is 19.6. The fourth-order valence-electron chi connectivity index (χ4n) is 3.09. The van der Waals surface area contributed by atoms with E-state index in [9.17, 15) is 12.8 Å². The maximum absolute atomic E-state index is 13.9. The Bertz CT molecular complexity index is 916. The number of ether oxygens (including phenoxy) is 2. The van der Waals surface area contributed by atoms with E-state index in [1.807, 2.05) is 6.92 Å². The first kappa shape index (κ1) is 19.5. The molecule has 1 atom stereocenters. The van der Waals surface area contributed by atoms with Crippen LogP contribution in [0.15, 0.2) is 29.2 Å². The average molecular weight is 395 g/mol. The Morgan fingerprint density at radius 2 is 2.00 bits per heavy atom. The van der Waals surface area contributed by atoms with Gasteiger partial charge in [0.2, 0.25) is 15.9 Å². The lowest BCUT2D eigenvalue weighted by atomic mass is 10.1. The fourth-order valence-corrected chi connectivity index (χ4v) is 4.61. The summed E-state index contributed by atoms with van der Waals surface area (Å²) in [7, 11) is -2.50. The van der Waals surface area contributed by atoms with Crippen molar-refractivity contribution in [1.29, 1.82) is 0 Å². The lowest BCUT2D eigenvalue weighted by Crippen LogP contribution is -2.44. The second-order valence-electron chi connectivity index (χ2n) is 6.44. The second-order valence-corrected chi connectivity index (χ2v) is 8.37. The van der Waals surface area contributed by atoms with Gasteiger partial charge in [0.25, 0.3) is 0 Å². The number of hydrogen-bond donors (Lipinski definition) is 0. The Hall–Kier alpha value is -2.26. The summed E-state index contributed by atoms with van der Waals surface area (Å²) >= 11 is 0. The largest absolute Gasteiger partial charge is 0.494 e. The highest BCUT2D eigenvalue weighted by atomic mass is 32.2. The topological polar surface area (TPSA) is 81.6 Å². The SMILES string of the molecule is COc1ccc(S(=O)(=O)N2CCC[C@H](Oc3cc(C)nc(C)n3)C2)cc1F. The number of hydrogen-bond acceptors (Lipinski definition) is 6. The minimum absolute atomic E-state index is 0.00306. The predicted octanol–water partition coefficient (Wildman–Crippen LogP) is 2.47. The van der Waals surface area contributed by atoms with E-state index in [2.05, 4.69) is 9.97 Å². The van der Waals surface area contributed by atoms with Gasteiger partial charge in [-0.15, -0.1) is 0 Å². The van der Waals surface area contributed by atoms with Crippen LogP contribution in [-0.2, 0) is 10.0 Å². The molecule has 7 nitrogen and oxygen atoms in total. The molecule has 1 aliphatic rings. The summed E-state index contributed by atoms with van der Waals surface area (Å²) in [6, 6.07) is 5.36. The number of methoxy groups -OCH3 is 1. The van der Waals surface area contributed by atoms with Crippen LogP contribution in [-0.4, -0.2) is 49.0 Å². The summed E-state index contributed by atoms with van der Waals surface area (Å²) in [6.07, 6.45) is 1.03. The van der Waals surface area contributed by atoms with E-state index in [0.717, 1.165) is 11.8 Å². The summed E-state index contributed by atoms with van der Waals surface area (Å²) in [5.41, 5.74) is 0.784. The maximum Gasteiger partial charge on any atom is 0.243 e. The van der Waals surface area contributed by atoms with Crippen molar-refractivity contribution in [3.05, 3.63) is 41.6 Å². The molecule has 0 unspecified atom stereocenters. The third-order valence-electron chi connectivity index (χ3n) is 4.33. The van der Waals surface area contributed by atoms with Gasteiger partial charge in [-0.05, 0) is 44.9 Å². The third kappa shape index (κ3) is 4.36. The van der Waals surface area contributed by atoms with Crippen molar-refractivity contribution in [1.82, 2.24) is 14.3 Å². The lowest BCUT2D eigenvalue weighted by molar-refractivity contribution is 0.124. The molecule has 0 N–H and O–H groups in total. The van der Waals surface area contributed by atoms with Gasteiger partial charge in [0, 0.05) is 18.3 Å². The normalized spacial score (nSPS) is 18.3.